The SMILES string of the molecule is N#CC12CC3[CH+]C(CC(C3)C1)C2. The van der Waals surface area contributed by atoms with Gasteiger partial charge in [0, 0.05) is 12.8 Å². The Morgan fingerprint density at radius 3 is 2.33 bits per heavy atom. The number of nitrogens with zero attached hydrogens (tertiary/aromatic N) is 1. The van der Waals surface area contributed by atoms with Gasteiger partial charge in [0.05, 0.1) is 29.7 Å². The Balaban J connectivity index is 1.97. The van der Waals surface area contributed by atoms with Crippen molar-refractivity contribution in [3.8, 4) is 6.07 Å². The zero-order valence-corrected chi connectivity index (χ0v) is 7.29. The summed E-state index contributed by atoms with van der Waals surface area (Å²) in [5, 5.41) is 9.17. The van der Waals surface area contributed by atoms with E-state index in [9.17, 15) is 0 Å². The summed E-state index contributed by atoms with van der Waals surface area (Å²) in [7, 11) is 0. The standard InChI is InChI=1S/C11H14N/c12-7-11-4-8-1-9(5-11)3-10(2-8)6-11/h1,8-10H,2-6H2/q+1. The Hall–Kier alpha value is -0.640. The monoisotopic (exact) mass is 160 g/mol. The van der Waals surface area contributed by atoms with Crippen molar-refractivity contribution < 1.29 is 0 Å². The molecule has 0 saturated heterocycles. The maximum absolute atomic E-state index is 9.17. The van der Waals surface area contributed by atoms with Crippen molar-refractivity contribution in [2.24, 2.45) is 23.2 Å². The van der Waals surface area contributed by atoms with Crippen LogP contribution >= 0.6 is 0 Å². The van der Waals surface area contributed by atoms with Crippen LogP contribution in [0, 0.1) is 40.9 Å². The summed E-state index contributed by atoms with van der Waals surface area (Å²) in [5.74, 6) is 2.50. The zero-order chi connectivity index (χ0) is 8.18. The third kappa shape index (κ3) is 0.759. The number of hydrogen-bond donors (Lipinski definition) is 0. The Labute approximate surface area is 73.8 Å². The molecule has 4 aliphatic rings. The van der Waals surface area contributed by atoms with Crippen molar-refractivity contribution in [1.29, 1.82) is 5.26 Å². The largest absolute Gasteiger partial charge is 0.198 e. The molecule has 0 aliphatic heterocycles. The van der Waals surface area contributed by atoms with Crippen LogP contribution in [-0.2, 0) is 0 Å². The van der Waals surface area contributed by atoms with Crippen molar-refractivity contribution in [3.63, 3.8) is 0 Å². The van der Waals surface area contributed by atoms with Gasteiger partial charge in [-0.1, -0.05) is 0 Å². The molecule has 0 aromatic heterocycles. The summed E-state index contributed by atoms with van der Waals surface area (Å²) in [6, 6.07) is 2.59. The first-order valence-corrected chi connectivity index (χ1v) is 5.06. The topological polar surface area (TPSA) is 23.8 Å². The van der Waals surface area contributed by atoms with Gasteiger partial charge in [0.15, 0.2) is 0 Å². The molecule has 0 aromatic carbocycles. The molecular weight excluding hydrogens is 146 g/mol. The highest BCUT2D eigenvalue weighted by atomic mass is 14.6. The fourth-order valence-electron chi connectivity index (χ4n) is 3.91. The van der Waals surface area contributed by atoms with E-state index in [1.54, 1.807) is 0 Å². The van der Waals surface area contributed by atoms with Crippen LogP contribution in [0.15, 0.2) is 0 Å². The molecule has 4 saturated carbocycles. The maximum atomic E-state index is 9.17. The summed E-state index contributed by atoms with van der Waals surface area (Å²) in [5.41, 5.74) is 0.116. The van der Waals surface area contributed by atoms with Crippen LogP contribution in [0.2, 0.25) is 0 Å². The van der Waals surface area contributed by atoms with Gasteiger partial charge < -0.3 is 0 Å². The van der Waals surface area contributed by atoms with E-state index in [0.29, 0.717) is 0 Å². The molecule has 1 nitrogen and oxygen atoms in total. The first kappa shape index (κ1) is 6.83. The highest BCUT2D eigenvalue weighted by Crippen LogP contribution is 2.59. The van der Waals surface area contributed by atoms with Crippen molar-refractivity contribution in [2.45, 2.75) is 32.1 Å². The van der Waals surface area contributed by atoms with E-state index in [2.05, 4.69) is 12.5 Å². The number of hydrogen-bond acceptors (Lipinski definition) is 1. The molecule has 12 heavy (non-hydrogen) atoms. The van der Waals surface area contributed by atoms with Gasteiger partial charge >= 0.3 is 0 Å². The van der Waals surface area contributed by atoms with E-state index >= 15 is 0 Å². The summed E-state index contributed by atoms with van der Waals surface area (Å²) in [4.78, 5) is 0. The van der Waals surface area contributed by atoms with Gasteiger partial charge in [0.25, 0.3) is 0 Å². The van der Waals surface area contributed by atoms with Crippen molar-refractivity contribution in [1.82, 2.24) is 0 Å². The second-order valence-electron chi connectivity index (χ2n) is 5.05. The molecule has 2 atom stereocenters. The van der Waals surface area contributed by atoms with Crippen LogP contribution in [0.25, 0.3) is 0 Å². The summed E-state index contributed by atoms with van der Waals surface area (Å²) < 4.78 is 0. The molecule has 4 bridgehead atoms. The van der Waals surface area contributed by atoms with Gasteiger partial charge in [0.2, 0.25) is 0 Å². The first-order chi connectivity index (χ1) is 5.80. The van der Waals surface area contributed by atoms with E-state index in [1.165, 1.54) is 32.1 Å². The van der Waals surface area contributed by atoms with Crippen LogP contribution in [-0.4, -0.2) is 0 Å². The van der Waals surface area contributed by atoms with E-state index in [1.807, 2.05) is 0 Å². The minimum Gasteiger partial charge on any atom is -0.198 e. The van der Waals surface area contributed by atoms with Gasteiger partial charge in [0.1, 0.15) is 0 Å². The van der Waals surface area contributed by atoms with Crippen LogP contribution in [0.5, 0.6) is 0 Å². The lowest BCUT2D eigenvalue weighted by atomic mass is 9.50. The highest BCUT2D eigenvalue weighted by Gasteiger charge is 2.56. The second-order valence-corrected chi connectivity index (χ2v) is 5.05. The Kier molecular flexibility index (Phi) is 1.13. The molecule has 0 spiro atoms. The van der Waals surface area contributed by atoms with E-state index < -0.39 is 0 Å². The third-order valence-corrected chi connectivity index (χ3v) is 4.04. The minimum absolute atomic E-state index is 0.116. The molecule has 0 amide bonds. The Bertz CT molecular complexity index is 213. The first-order valence-electron chi connectivity index (χ1n) is 5.06. The maximum Gasteiger partial charge on any atom is 0.0998 e. The fraction of sp³-hybridized carbons (Fsp3) is 0.818. The summed E-state index contributed by atoms with van der Waals surface area (Å²) in [6.45, 7) is 0. The molecule has 4 fully saturated rings. The van der Waals surface area contributed by atoms with Gasteiger partial charge in [-0.3, -0.25) is 0 Å². The number of nitriles is 1. The van der Waals surface area contributed by atoms with Crippen LogP contribution in [0.3, 0.4) is 0 Å². The van der Waals surface area contributed by atoms with Crippen molar-refractivity contribution in [3.05, 3.63) is 6.42 Å². The lowest BCUT2D eigenvalue weighted by molar-refractivity contribution is 0.0203. The Morgan fingerprint density at radius 2 is 1.83 bits per heavy atom. The molecule has 0 radical (unpaired) electrons. The number of rotatable bonds is 0. The summed E-state index contributed by atoms with van der Waals surface area (Å²) in [6.07, 6.45) is 8.88. The normalized spacial score (nSPS) is 54.8. The minimum atomic E-state index is 0.116. The van der Waals surface area contributed by atoms with E-state index in [0.717, 1.165) is 17.8 Å². The molecule has 4 aliphatic carbocycles. The molecule has 1 heteroatoms. The third-order valence-electron chi connectivity index (χ3n) is 4.04. The predicted octanol–water partition coefficient (Wildman–Crippen LogP) is 2.54. The molecule has 4 rings (SSSR count). The molecule has 0 heterocycles. The predicted molar refractivity (Wildman–Crippen MR) is 45.9 cm³/mol. The van der Waals surface area contributed by atoms with E-state index in [-0.39, 0.29) is 5.41 Å². The quantitative estimate of drug-likeness (QED) is 0.499. The lowest BCUT2D eigenvalue weighted by Crippen LogP contribution is -2.45. The second kappa shape index (κ2) is 1.99. The van der Waals surface area contributed by atoms with Crippen LogP contribution in [0.4, 0.5) is 0 Å². The molecular formula is C11H14N+. The van der Waals surface area contributed by atoms with Gasteiger partial charge in [-0.15, -0.1) is 0 Å². The smallest absolute Gasteiger partial charge is 0.0998 e. The zero-order valence-electron chi connectivity index (χ0n) is 7.29. The average Bonchev–Trinajstić information content (AvgIpc) is 2.02. The van der Waals surface area contributed by atoms with E-state index in [4.69, 9.17) is 5.26 Å². The molecule has 2 unspecified atom stereocenters. The lowest BCUT2D eigenvalue weighted by Gasteiger charge is -2.48. The fourth-order valence-corrected chi connectivity index (χ4v) is 3.91. The van der Waals surface area contributed by atoms with Crippen LogP contribution < -0.4 is 0 Å². The van der Waals surface area contributed by atoms with Gasteiger partial charge in [-0.25, -0.2) is 0 Å². The highest BCUT2D eigenvalue weighted by molar-refractivity contribution is 5.15. The van der Waals surface area contributed by atoms with Gasteiger partial charge in [-0.05, 0) is 25.2 Å². The average molecular weight is 160 g/mol. The van der Waals surface area contributed by atoms with Crippen molar-refractivity contribution >= 4 is 0 Å². The molecule has 62 valence electrons. The summed E-state index contributed by atoms with van der Waals surface area (Å²) >= 11 is 0. The van der Waals surface area contributed by atoms with Crippen LogP contribution in [0.1, 0.15) is 32.1 Å². The molecule has 0 aromatic rings. The Morgan fingerprint density at radius 1 is 1.17 bits per heavy atom. The molecule has 0 N–H and O–H groups in total. The van der Waals surface area contributed by atoms with Gasteiger partial charge in [-0.2, -0.15) is 5.26 Å². The van der Waals surface area contributed by atoms with Crippen molar-refractivity contribution in [2.75, 3.05) is 0 Å².